The summed E-state index contributed by atoms with van der Waals surface area (Å²) in [5.74, 6) is -3.38. The SMILES string of the molecule is CC(NC(=O)C(NC(=O)CNC(=O)CN)C(C)O)C(=O)O. The molecule has 0 rings (SSSR count). The van der Waals surface area contributed by atoms with Gasteiger partial charge in [0.05, 0.1) is 19.2 Å². The van der Waals surface area contributed by atoms with Gasteiger partial charge in [-0.15, -0.1) is 0 Å². The number of nitrogens with two attached hydrogens (primary N) is 1. The number of carbonyl (C=O) groups is 4. The Hall–Kier alpha value is -2.20. The first-order valence-corrected chi connectivity index (χ1v) is 6.16. The Labute approximate surface area is 121 Å². The summed E-state index contributed by atoms with van der Waals surface area (Å²) in [4.78, 5) is 44.8. The minimum absolute atomic E-state index is 0.288. The van der Waals surface area contributed by atoms with Crippen molar-refractivity contribution in [3.63, 3.8) is 0 Å². The molecular formula is C11H20N4O6. The molecule has 3 unspecified atom stereocenters. The maximum atomic E-state index is 11.8. The molecule has 0 aromatic rings. The van der Waals surface area contributed by atoms with Crippen LogP contribution in [0.1, 0.15) is 13.8 Å². The number of nitrogens with one attached hydrogen (secondary N) is 3. The molecule has 3 amide bonds. The van der Waals surface area contributed by atoms with Crippen molar-refractivity contribution in [2.75, 3.05) is 13.1 Å². The molecule has 10 nitrogen and oxygen atoms in total. The van der Waals surface area contributed by atoms with Gasteiger partial charge in [-0.05, 0) is 13.8 Å². The first-order valence-electron chi connectivity index (χ1n) is 6.16. The van der Waals surface area contributed by atoms with Crippen molar-refractivity contribution >= 4 is 23.7 Å². The van der Waals surface area contributed by atoms with E-state index in [1.165, 1.54) is 13.8 Å². The lowest BCUT2D eigenvalue weighted by atomic mass is 10.1. The van der Waals surface area contributed by atoms with Crippen LogP contribution in [0.5, 0.6) is 0 Å². The van der Waals surface area contributed by atoms with E-state index in [-0.39, 0.29) is 6.54 Å². The molecule has 0 heterocycles. The van der Waals surface area contributed by atoms with E-state index in [4.69, 9.17) is 10.8 Å². The lowest BCUT2D eigenvalue weighted by Gasteiger charge is -2.22. The average Bonchev–Trinajstić information content (AvgIpc) is 2.41. The number of rotatable bonds is 8. The van der Waals surface area contributed by atoms with Gasteiger partial charge in [0.1, 0.15) is 12.1 Å². The van der Waals surface area contributed by atoms with Crippen molar-refractivity contribution in [2.45, 2.75) is 32.0 Å². The second-order valence-electron chi connectivity index (χ2n) is 4.34. The molecule has 0 bridgehead atoms. The summed E-state index contributed by atoms with van der Waals surface area (Å²) in [5, 5.41) is 24.7. The topological polar surface area (TPSA) is 171 Å². The maximum absolute atomic E-state index is 11.8. The molecule has 10 heteroatoms. The summed E-state index contributed by atoms with van der Waals surface area (Å²) in [7, 11) is 0. The summed E-state index contributed by atoms with van der Waals surface area (Å²) >= 11 is 0. The number of carboxylic acid groups (broad SMARTS) is 1. The van der Waals surface area contributed by atoms with Crippen molar-refractivity contribution in [1.29, 1.82) is 0 Å². The molecule has 0 aromatic carbocycles. The van der Waals surface area contributed by atoms with Gasteiger partial charge < -0.3 is 31.9 Å². The smallest absolute Gasteiger partial charge is 0.325 e. The van der Waals surface area contributed by atoms with Gasteiger partial charge in [0, 0.05) is 0 Å². The minimum Gasteiger partial charge on any atom is -0.480 e. The van der Waals surface area contributed by atoms with E-state index in [1.54, 1.807) is 0 Å². The predicted molar refractivity (Wildman–Crippen MR) is 70.9 cm³/mol. The molecule has 21 heavy (non-hydrogen) atoms. The van der Waals surface area contributed by atoms with Gasteiger partial charge in [0.2, 0.25) is 17.7 Å². The summed E-state index contributed by atoms with van der Waals surface area (Å²) in [6.45, 7) is 1.79. The van der Waals surface area contributed by atoms with E-state index in [1.807, 2.05) is 0 Å². The Morgan fingerprint density at radius 2 is 1.67 bits per heavy atom. The van der Waals surface area contributed by atoms with Crippen LogP contribution in [-0.4, -0.2) is 65.2 Å². The predicted octanol–water partition coefficient (Wildman–Crippen LogP) is -3.48. The molecule has 0 saturated carbocycles. The zero-order valence-electron chi connectivity index (χ0n) is 11.8. The summed E-state index contributed by atoms with van der Waals surface area (Å²) in [6.07, 6.45) is -1.25. The van der Waals surface area contributed by atoms with E-state index >= 15 is 0 Å². The number of carbonyl (C=O) groups excluding carboxylic acids is 3. The Kier molecular flexibility index (Phi) is 7.94. The zero-order valence-corrected chi connectivity index (χ0v) is 11.8. The van der Waals surface area contributed by atoms with Gasteiger partial charge in [0.15, 0.2) is 0 Å². The summed E-state index contributed by atoms with van der Waals surface area (Å²) in [5.41, 5.74) is 5.04. The average molecular weight is 304 g/mol. The minimum atomic E-state index is -1.34. The van der Waals surface area contributed by atoms with Crippen molar-refractivity contribution in [2.24, 2.45) is 5.73 Å². The molecule has 120 valence electrons. The third kappa shape index (κ3) is 7.22. The Bertz CT molecular complexity index is 412. The van der Waals surface area contributed by atoms with Crippen molar-refractivity contribution in [3.05, 3.63) is 0 Å². The number of aliphatic hydroxyl groups excluding tert-OH is 1. The van der Waals surface area contributed by atoms with Crippen LogP contribution >= 0.6 is 0 Å². The normalized spacial score (nSPS) is 14.5. The first-order chi connectivity index (χ1) is 9.68. The van der Waals surface area contributed by atoms with Crippen LogP contribution in [0.4, 0.5) is 0 Å². The molecule has 0 aliphatic rings. The zero-order chi connectivity index (χ0) is 16.6. The molecule has 0 aliphatic carbocycles. The summed E-state index contributed by atoms with van der Waals surface area (Å²) < 4.78 is 0. The van der Waals surface area contributed by atoms with Gasteiger partial charge in [-0.3, -0.25) is 19.2 Å². The Balaban J connectivity index is 4.55. The highest BCUT2D eigenvalue weighted by Gasteiger charge is 2.27. The molecule has 0 saturated heterocycles. The van der Waals surface area contributed by atoms with Crippen molar-refractivity contribution in [1.82, 2.24) is 16.0 Å². The number of carboxylic acids is 1. The van der Waals surface area contributed by atoms with Gasteiger partial charge in [-0.2, -0.15) is 0 Å². The monoisotopic (exact) mass is 304 g/mol. The van der Waals surface area contributed by atoms with E-state index in [2.05, 4.69) is 16.0 Å². The van der Waals surface area contributed by atoms with Gasteiger partial charge in [-0.1, -0.05) is 0 Å². The summed E-state index contributed by atoms with van der Waals surface area (Å²) in [6, 6.07) is -2.51. The lowest BCUT2D eigenvalue weighted by Crippen LogP contribution is -2.56. The second-order valence-corrected chi connectivity index (χ2v) is 4.34. The fourth-order valence-corrected chi connectivity index (χ4v) is 1.25. The van der Waals surface area contributed by atoms with Crippen LogP contribution < -0.4 is 21.7 Å². The van der Waals surface area contributed by atoms with E-state index in [9.17, 15) is 24.3 Å². The molecule has 0 radical (unpaired) electrons. The second kappa shape index (κ2) is 8.87. The van der Waals surface area contributed by atoms with Crippen molar-refractivity contribution in [3.8, 4) is 0 Å². The highest BCUT2D eigenvalue weighted by molar-refractivity contribution is 5.92. The third-order valence-corrected chi connectivity index (χ3v) is 2.44. The lowest BCUT2D eigenvalue weighted by molar-refractivity contribution is -0.142. The molecule has 0 spiro atoms. The van der Waals surface area contributed by atoms with Gasteiger partial charge in [0.25, 0.3) is 0 Å². The number of hydrogen-bond donors (Lipinski definition) is 6. The third-order valence-electron chi connectivity index (χ3n) is 2.44. The first kappa shape index (κ1) is 18.8. The highest BCUT2D eigenvalue weighted by atomic mass is 16.4. The molecular weight excluding hydrogens is 284 g/mol. The van der Waals surface area contributed by atoms with Crippen LogP contribution in [0.25, 0.3) is 0 Å². The van der Waals surface area contributed by atoms with Gasteiger partial charge >= 0.3 is 5.97 Å². The van der Waals surface area contributed by atoms with E-state index in [0.29, 0.717) is 0 Å². The van der Waals surface area contributed by atoms with Gasteiger partial charge in [-0.25, -0.2) is 0 Å². The van der Waals surface area contributed by atoms with Crippen molar-refractivity contribution < 1.29 is 29.4 Å². The van der Waals surface area contributed by atoms with Crippen LogP contribution in [0, 0.1) is 0 Å². The molecule has 0 fully saturated rings. The highest BCUT2D eigenvalue weighted by Crippen LogP contribution is 1.95. The molecule has 7 N–H and O–H groups in total. The van der Waals surface area contributed by atoms with E-state index < -0.39 is 48.4 Å². The largest absolute Gasteiger partial charge is 0.480 e. The van der Waals surface area contributed by atoms with Crippen LogP contribution in [0.2, 0.25) is 0 Å². The fourth-order valence-electron chi connectivity index (χ4n) is 1.25. The quantitative estimate of drug-likeness (QED) is 0.270. The number of aliphatic carboxylic acids is 1. The number of hydrogen-bond acceptors (Lipinski definition) is 6. The number of amides is 3. The van der Waals surface area contributed by atoms with Crippen LogP contribution in [0.3, 0.4) is 0 Å². The Morgan fingerprint density at radius 3 is 2.10 bits per heavy atom. The fraction of sp³-hybridized carbons (Fsp3) is 0.636. The standard InChI is InChI=1S/C11H20N4O6/c1-5(11(20)21)14-10(19)9(6(2)16)15-8(18)4-13-7(17)3-12/h5-6,9,16H,3-4,12H2,1-2H3,(H,13,17)(H,14,19)(H,15,18)(H,20,21). The molecule has 0 aromatic heterocycles. The van der Waals surface area contributed by atoms with Crippen LogP contribution in [0.15, 0.2) is 0 Å². The molecule has 3 atom stereocenters. The van der Waals surface area contributed by atoms with Crippen LogP contribution in [-0.2, 0) is 19.2 Å². The number of aliphatic hydroxyl groups is 1. The Morgan fingerprint density at radius 1 is 1.10 bits per heavy atom. The molecule has 0 aliphatic heterocycles. The maximum Gasteiger partial charge on any atom is 0.325 e. The van der Waals surface area contributed by atoms with E-state index in [0.717, 1.165) is 0 Å².